The highest BCUT2D eigenvalue weighted by atomic mass is 16.5. The van der Waals surface area contributed by atoms with Gasteiger partial charge in [0.25, 0.3) is 5.91 Å². The second-order valence-electron chi connectivity index (χ2n) is 7.91. The van der Waals surface area contributed by atoms with Crippen molar-refractivity contribution in [3.8, 4) is 5.75 Å². The lowest BCUT2D eigenvalue weighted by Crippen LogP contribution is -2.36. The van der Waals surface area contributed by atoms with Crippen molar-refractivity contribution in [1.82, 2.24) is 20.2 Å². The van der Waals surface area contributed by atoms with Crippen LogP contribution in [0.3, 0.4) is 0 Å². The van der Waals surface area contributed by atoms with E-state index in [0.29, 0.717) is 30.9 Å². The van der Waals surface area contributed by atoms with E-state index in [1.165, 1.54) is 6.26 Å². The van der Waals surface area contributed by atoms with Crippen LogP contribution in [-0.2, 0) is 19.6 Å². The normalized spacial score (nSPS) is 12.2. The molecule has 2 heterocycles. The Kier molecular flexibility index (Phi) is 7.78. The van der Waals surface area contributed by atoms with Crippen molar-refractivity contribution in [2.45, 2.75) is 46.4 Å². The van der Waals surface area contributed by atoms with Crippen molar-refractivity contribution in [1.29, 1.82) is 0 Å². The minimum absolute atomic E-state index is 0.261. The average Bonchev–Trinajstić information content (AvgIpc) is 3.26. The molecule has 1 aromatic carbocycles. The van der Waals surface area contributed by atoms with Crippen molar-refractivity contribution in [2.24, 2.45) is 5.92 Å². The van der Waals surface area contributed by atoms with E-state index in [4.69, 9.17) is 9.15 Å². The predicted molar refractivity (Wildman–Crippen MR) is 118 cm³/mol. The second-order valence-corrected chi connectivity index (χ2v) is 7.91. The quantitative estimate of drug-likeness (QED) is 0.531. The Morgan fingerprint density at radius 3 is 2.61 bits per heavy atom. The van der Waals surface area contributed by atoms with E-state index in [9.17, 15) is 4.79 Å². The molecule has 31 heavy (non-hydrogen) atoms. The first-order valence-electron chi connectivity index (χ1n) is 10.4. The third-order valence-corrected chi connectivity index (χ3v) is 5.39. The zero-order valence-corrected chi connectivity index (χ0v) is 18.5. The first-order valence-corrected chi connectivity index (χ1v) is 10.4. The minimum atomic E-state index is -0.261. The van der Waals surface area contributed by atoms with Crippen LogP contribution in [0.1, 0.15) is 48.3 Å². The third kappa shape index (κ3) is 6.39. The molecule has 0 aliphatic carbocycles. The Morgan fingerprint density at radius 1 is 1.13 bits per heavy atom. The highest BCUT2D eigenvalue weighted by molar-refractivity contribution is 5.91. The molecule has 1 amide bonds. The second kappa shape index (κ2) is 10.7. The van der Waals surface area contributed by atoms with Crippen LogP contribution in [-0.4, -0.2) is 33.9 Å². The smallest absolute Gasteiger partial charge is 0.273 e. The van der Waals surface area contributed by atoms with Crippen LogP contribution in [0.5, 0.6) is 5.75 Å². The lowest BCUT2D eigenvalue weighted by Gasteiger charge is -2.30. The van der Waals surface area contributed by atoms with Crippen molar-refractivity contribution in [3.63, 3.8) is 0 Å². The van der Waals surface area contributed by atoms with E-state index in [2.05, 4.69) is 47.0 Å². The van der Waals surface area contributed by atoms with E-state index in [0.717, 1.165) is 23.4 Å². The first kappa shape index (κ1) is 22.5. The third-order valence-electron chi connectivity index (χ3n) is 5.39. The number of nitrogens with one attached hydrogen (secondary N) is 1. The zero-order valence-electron chi connectivity index (χ0n) is 18.5. The van der Waals surface area contributed by atoms with Gasteiger partial charge in [0, 0.05) is 31.5 Å². The molecule has 0 fully saturated rings. The fourth-order valence-electron chi connectivity index (χ4n) is 3.21. The van der Waals surface area contributed by atoms with Gasteiger partial charge < -0.3 is 14.5 Å². The number of nitrogens with zero attached hydrogens (tertiary/aromatic N) is 3. The van der Waals surface area contributed by atoms with Gasteiger partial charge in [-0.05, 0) is 48.2 Å². The lowest BCUT2D eigenvalue weighted by molar-refractivity contribution is 0.0945. The molecule has 0 radical (unpaired) electrons. The minimum Gasteiger partial charge on any atom is -0.497 e. The Balaban J connectivity index is 1.66. The van der Waals surface area contributed by atoms with E-state index in [1.54, 1.807) is 19.5 Å². The molecule has 1 atom stereocenters. The number of carbonyl (C=O) groups is 1. The molecule has 0 bridgehead atoms. The summed E-state index contributed by atoms with van der Waals surface area (Å²) < 4.78 is 11.0. The Morgan fingerprint density at radius 2 is 1.90 bits per heavy atom. The molecule has 164 valence electrons. The van der Waals surface area contributed by atoms with Gasteiger partial charge in [0.15, 0.2) is 5.69 Å². The zero-order chi connectivity index (χ0) is 22.2. The topological polar surface area (TPSA) is 80.5 Å². The number of carbonyl (C=O) groups excluding carboxylic acids is 1. The molecule has 3 aromatic rings. The monoisotopic (exact) mass is 422 g/mol. The summed E-state index contributed by atoms with van der Waals surface area (Å²) in [5.41, 5.74) is 2.40. The number of rotatable bonds is 10. The van der Waals surface area contributed by atoms with Crippen molar-refractivity contribution < 1.29 is 13.9 Å². The Hall–Kier alpha value is -3.19. The maximum atomic E-state index is 12.4. The summed E-state index contributed by atoms with van der Waals surface area (Å²) >= 11 is 0. The molecule has 3 rings (SSSR count). The molecule has 1 N–H and O–H groups in total. The number of benzene rings is 1. The number of amides is 1. The van der Waals surface area contributed by atoms with Crippen molar-refractivity contribution in [3.05, 3.63) is 77.8 Å². The van der Waals surface area contributed by atoms with Crippen LogP contribution < -0.4 is 10.1 Å². The number of hydrogen-bond donors (Lipinski definition) is 1. The molecule has 0 saturated heterocycles. The molecule has 7 nitrogen and oxygen atoms in total. The highest BCUT2D eigenvalue weighted by Crippen LogP contribution is 2.20. The average molecular weight is 423 g/mol. The summed E-state index contributed by atoms with van der Waals surface area (Å²) in [4.78, 5) is 23.1. The lowest BCUT2D eigenvalue weighted by atomic mass is 10.0. The van der Waals surface area contributed by atoms with Crippen LogP contribution in [0.25, 0.3) is 0 Å². The van der Waals surface area contributed by atoms with Crippen LogP contribution >= 0.6 is 0 Å². The van der Waals surface area contributed by atoms with Crippen LogP contribution in [0, 0.1) is 5.92 Å². The molecule has 0 aliphatic heterocycles. The van der Waals surface area contributed by atoms with Crippen LogP contribution in [0.2, 0.25) is 0 Å². The highest BCUT2D eigenvalue weighted by Gasteiger charge is 2.21. The number of pyridine rings is 1. The van der Waals surface area contributed by atoms with Gasteiger partial charge in [-0.1, -0.05) is 26.0 Å². The van der Waals surface area contributed by atoms with Crippen LogP contribution in [0.4, 0.5) is 0 Å². The number of oxazole rings is 1. The summed E-state index contributed by atoms with van der Waals surface area (Å²) in [6, 6.07) is 12.1. The maximum absolute atomic E-state index is 12.4. The van der Waals surface area contributed by atoms with Gasteiger partial charge in [-0.2, -0.15) is 0 Å². The largest absolute Gasteiger partial charge is 0.497 e. The van der Waals surface area contributed by atoms with Crippen molar-refractivity contribution >= 4 is 5.91 Å². The summed E-state index contributed by atoms with van der Waals surface area (Å²) in [6.45, 7) is 8.22. The molecule has 0 saturated carbocycles. The van der Waals surface area contributed by atoms with E-state index in [1.807, 2.05) is 30.3 Å². The van der Waals surface area contributed by atoms with E-state index in [-0.39, 0.29) is 11.6 Å². The fraction of sp³-hybridized carbons (Fsp3) is 0.375. The maximum Gasteiger partial charge on any atom is 0.273 e. The number of aromatic nitrogens is 2. The fourth-order valence-corrected chi connectivity index (χ4v) is 3.21. The molecular weight excluding hydrogens is 392 g/mol. The Labute approximate surface area is 183 Å². The molecular formula is C24H30N4O3. The molecule has 0 spiro atoms. The first-order chi connectivity index (χ1) is 15.0. The summed E-state index contributed by atoms with van der Waals surface area (Å²) in [5, 5.41) is 2.86. The van der Waals surface area contributed by atoms with Gasteiger partial charge in [-0.3, -0.25) is 14.7 Å². The van der Waals surface area contributed by atoms with Gasteiger partial charge in [0.05, 0.1) is 13.7 Å². The number of methoxy groups -OCH3 is 1. The van der Waals surface area contributed by atoms with Gasteiger partial charge in [-0.15, -0.1) is 0 Å². The Bertz CT molecular complexity index is 972. The summed E-state index contributed by atoms with van der Waals surface area (Å²) in [5.74, 6) is 1.54. The van der Waals surface area contributed by atoms with E-state index < -0.39 is 0 Å². The SMILES string of the molecule is COc1cccc(CN(Cc2nc(C(=O)NCc3ccncc3)co2)C(C)C(C)C)c1. The molecule has 0 aliphatic rings. The molecule has 2 aromatic heterocycles. The number of hydrogen-bond acceptors (Lipinski definition) is 6. The number of ether oxygens (including phenoxy) is 1. The van der Waals surface area contributed by atoms with Crippen LogP contribution in [0.15, 0.2) is 59.5 Å². The van der Waals surface area contributed by atoms with Gasteiger partial charge in [0.2, 0.25) is 5.89 Å². The van der Waals surface area contributed by atoms with Gasteiger partial charge >= 0.3 is 0 Å². The summed E-state index contributed by atoms with van der Waals surface area (Å²) in [6.07, 6.45) is 4.81. The van der Waals surface area contributed by atoms with Gasteiger partial charge in [0.1, 0.15) is 12.0 Å². The molecule has 7 heteroatoms. The van der Waals surface area contributed by atoms with Gasteiger partial charge in [-0.25, -0.2) is 4.98 Å². The predicted octanol–water partition coefficient (Wildman–Crippen LogP) is 4.05. The van der Waals surface area contributed by atoms with E-state index >= 15 is 0 Å². The summed E-state index contributed by atoms with van der Waals surface area (Å²) in [7, 11) is 1.67. The standard InChI is InChI=1S/C24H30N4O3/c1-17(2)18(3)28(14-20-6-5-7-21(12-20)30-4)15-23-27-22(16-31-23)24(29)26-13-19-8-10-25-11-9-19/h5-12,16-18H,13-15H2,1-4H3,(H,26,29). The van der Waals surface area contributed by atoms with Crippen molar-refractivity contribution in [2.75, 3.05) is 7.11 Å². The molecule has 1 unspecified atom stereocenters.